The first-order valence-corrected chi connectivity index (χ1v) is 10.1. The molecule has 28 heavy (non-hydrogen) atoms. The van der Waals surface area contributed by atoms with E-state index in [9.17, 15) is 5.11 Å². The zero-order valence-corrected chi connectivity index (χ0v) is 17.9. The number of nitrogens with zero attached hydrogens (tertiary/aromatic N) is 2. The molecule has 2 aromatic carbocycles. The van der Waals surface area contributed by atoms with E-state index in [1.165, 1.54) is 27.4 Å². The van der Waals surface area contributed by atoms with E-state index in [1.54, 1.807) is 0 Å². The minimum absolute atomic E-state index is 0. The first-order valence-electron chi connectivity index (χ1n) is 10.1. The number of rotatable bonds is 5. The molecule has 2 heterocycles. The Hall–Kier alpha value is -1.59. The minimum Gasteiger partial charge on any atom is -0.396 e. The molecule has 1 aliphatic rings. The molecule has 0 saturated carbocycles. The summed E-state index contributed by atoms with van der Waals surface area (Å²) in [5.74, 6) is 0. The van der Waals surface area contributed by atoms with Crippen LogP contribution in [-0.4, -0.2) is 47.4 Å². The summed E-state index contributed by atoms with van der Waals surface area (Å²) in [7, 11) is 0. The Morgan fingerprint density at radius 1 is 1.04 bits per heavy atom. The minimum atomic E-state index is -0.200. The molecule has 4 nitrogen and oxygen atoms in total. The van der Waals surface area contributed by atoms with Gasteiger partial charge in [-0.1, -0.05) is 38.1 Å². The molecular weight excluding hydrogens is 370 g/mol. The highest BCUT2D eigenvalue weighted by Crippen LogP contribution is 2.40. The average Bonchev–Trinajstić information content (AvgIpc) is 3.02. The third kappa shape index (κ3) is 3.55. The van der Waals surface area contributed by atoms with Gasteiger partial charge in [0, 0.05) is 72.6 Å². The largest absolute Gasteiger partial charge is 0.396 e. The Morgan fingerprint density at radius 2 is 1.71 bits per heavy atom. The molecule has 0 amide bonds. The summed E-state index contributed by atoms with van der Waals surface area (Å²) >= 11 is 0. The molecule has 1 atom stereocenters. The summed E-state index contributed by atoms with van der Waals surface area (Å²) in [5.41, 5.74) is 3.70. The number of hydrogen-bond acceptors (Lipinski definition) is 3. The third-order valence-corrected chi connectivity index (χ3v) is 6.09. The number of fused-ring (bicyclic) bond motifs is 3. The molecule has 0 bridgehead atoms. The lowest BCUT2D eigenvalue weighted by Gasteiger charge is -2.43. The van der Waals surface area contributed by atoms with E-state index in [4.69, 9.17) is 0 Å². The Morgan fingerprint density at radius 3 is 2.39 bits per heavy atom. The van der Waals surface area contributed by atoms with E-state index < -0.39 is 0 Å². The van der Waals surface area contributed by atoms with Crippen molar-refractivity contribution in [2.45, 2.75) is 33.4 Å². The predicted molar refractivity (Wildman–Crippen MR) is 120 cm³/mol. The van der Waals surface area contributed by atoms with Crippen LogP contribution in [0.3, 0.4) is 0 Å². The third-order valence-electron chi connectivity index (χ3n) is 6.09. The summed E-state index contributed by atoms with van der Waals surface area (Å²) in [6, 6.07) is 15.8. The number of aliphatic hydroxyl groups excluding tert-OH is 1. The van der Waals surface area contributed by atoms with E-state index in [2.05, 4.69) is 78.0 Å². The normalized spacial score (nSPS) is 17.0. The van der Waals surface area contributed by atoms with Gasteiger partial charge in [-0.25, -0.2) is 0 Å². The summed E-state index contributed by atoms with van der Waals surface area (Å²) in [5, 5.41) is 16.2. The van der Waals surface area contributed by atoms with Crippen LogP contribution in [0.25, 0.3) is 21.8 Å². The van der Waals surface area contributed by atoms with E-state index in [-0.39, 0.29) is 30.5 Å². The second-order valence-corrected chi connectivity index (χ2v) is 8.37. The van der Waals surface area contributed by atoms with Crippen LogP contribution in [0, 0.1) is 5.41 Å². The number of piperazine rings is 1. The predicted octanol–water partition coefficient (Wildman–Crippen LogP) is 4.20. The van der Waals surface area contributed by atoms with Crippen molar-refractivity contribution in [1.29, 1.82) is 0 Å². The monoisotopic (exact) mass is 401 g/mol. The lowest BCUT2D eigenvalue weighted by molar-refractivity contribution is 0.0306. The number of halogens is 1. The maximum absolute atomic E-state index is 10.1. The summed E-state index contributed by atoms with van der Waals surface area (Å²) in [4.78, 5) is 2.53. The Bertz CT molecular complexity index is 944. The lowest BCUT2D eigenvalue weighted by Crippen LogP contribution is -2.49. The van der Waals surface area contributed by atoms with Gasteiger partial charge in [0.2, 0.25) is 0 Å². The molecule has 1 fully saturated rings. The summed E-state index contributed by atoms with van der Waals surface area (Å²) < 4.78 is 2.39. The van der Waals surface area contributed by atoms with Crippen LogP contribution in [0.4, 0.5) is 0 Å². The lowest BCUT2D eigenvalue weighted by atomic mass is 9.79. The molecule has 1 aromatic heterocycles. The number of hydrogen-bond donors (Lipinski definition) is 2. The molecule has 0 aliphatic carbocycles. The van der Waals surface area contributed by atoms with E-state index in [0.717, 1.165) is 32.7 Å². The van der Waals surface area contributed by atoms with Gasteiger partial charge in [0.25, 0.3) is 0 Å². The smallest absolute Gasteiger partial charge is 0.0500 e. The van der Waals surface area contributed by atoms with E-state index in [0.29, 0.717) is 0 Å². The van der Waals surface area contributed by atoms with Crippen LogP contribution < -0.4 is 5.32 Å². The van der Waals surface area contributed by atoms with Gasteiger partial charge in [0.1, 0.15) is 0 Å². The highest BCUT2D eigenvalue weighted by Gasteiger charge is 2.35. The molecule has 0 radical (unpaired) electrons. The average molecular weight is 402 g/mol. The summed E-state index contributed by atoms with van der Waals surface area (Å²) in [6.45, 7) is 11.8. The molecule has 4 rings (SSSR count). The first kappa shape index (κ1) is 21.1. The second-order valence-electron chi connectivity index (χ2n) is 8.37. The standard InChI is InChI=1S/C23H31N3O.ClH/c1-4-26-20-8-6-5-7-18(20)19-15-17(9-10-21(19)26)22(23(2,3)16-27)25-13-11-24-12-14-25;/h5-10,15,22,24,27H,4,11-14,16H2,1-3H3;1H/t22-;/m0./s1. The highest BCUT2D eigenvalue weighted by atomic mass is 35.5. The number of benzene rings is 2. The SMILES string of the molecule is CCn1c2ccccc2c2cc([C@H](N3CCNCC3)C(C)(C)CO)ccc21.Cl. The zero-order chi connectivity index (χ0) is 19.0. The van der Waals surface area contributed by atoms with Crippen LogP contribution in [0.1, 0.15) is 32.4 Å². The molecule has 3 aromatic rings. The number of aromatic nitrogens is 1. The maximum atomic E-state index is 10.1. The van der Waals surface area contributed by atoms with Crippen LogP contribution in [0.5, 0.6) is 0 Å². The van der Waals surface area contributed by atoms with Crippen molar-refractivity contribution in [2.75, 3.05) is 32.8 Å². The number of para-hydroxylation sites is 1. The van der Waals surface area contributed by atoms with Gasteiger partial charge < -0.3 is 15.0 Å². The van der Waals surface area contributed by atoms with Crippen LogP contribution >= 0.6 is 12.4 Å². The number of aliphatic hydroxyl groups is 1. The van der Waals surface area contributed by atoms with Crippen molar-refractivity contribution in [2.24, 2.45) is 5.41 Å². The molecule has 1 aliphatic heterocycles. The Balaban J connectivity index is 0.00000225. The summed E-state index contributed by atoms with van der Waals surface area (Å²) in [6.07, 6.45) is 0. The quantitative estimate of drug-likeness (QED) is 0.673. The second kappa shape index (κ2) is 8.42. The van der Waals surface area contributed by atoms with Crippen molar-refractivity contribution in [3.8, 4) is 0 Å². The van der Waals surface area contributed by atoms with E-state index in [1.807, 2.05) is 0 Å². The fourth-order valence-corrected chi connectivity index (χ4v) is 4.77. The van der Waals surface area contributed by atoms with Crippen molar-refractivity contribution >= 4 is 34.2 Å². The van der Waals surface area contributed by atoms with Crippen molar-refractivity contribution < 1.29 is 5.11 Å². The van der Waals surface area contributed by atoms with Gasteiger partial charge in [-0.15, -0.1) is 12.4 Å². The fraction of sp³-hybridized carbons (Fsp3) is 0.478. The molecule has 0 unspecified atom stereocenters. The van der Waals surface area contributed by atoms with Gasteiger partial charge in [-0.2, -0.15) is 0 Å². The van der Waals surface area contributed by atoms with Crippen LogP contribution in [-0.2, 0) is 6.54 Å². The molecular formula is C23H32ClN3O. The zero-order valence-electron chi connectivity index (χ0n) is 17.1. The molecule has 5 heteroatoms. The van der Waals surface area contributed by atoms with Crippen molar-refractivity contribution in [3.05, 3.63) is 48.0 Å². The van der Waals surface area contributed by atoms with Crippen molar-refractivity contribution in [3.63, 3.8) is 0 Å². The fourth-order valence-electron chi connectivity index (χ4n) is 4.77. The Labute approximate surface area is 173 Å². The van der Waals surface area contributed by atoms with Gasteiger partial charge in [-0.05, 0) is 30.7 Å². The number of aryl methyl sites for hydroxylation is 1. The van der Waals surface area contributed by atoms with Crippen molar-refractivity contribution in [1.82, 2.24) is 14.8 Å². The highest BCUT2D eigenvalue weighted by molar-refractivity contribution is 6.08. The number of nitrogens with one attached hydrogen (secondary N) is 1. The van der Waals surface area contributed by atoms with Gasteiger partial charge in [-0.3, -0.25) is 4.90 Å². The molecule has 152 valence electrons. The topological polar surface area (TPSA) is 40.4 Å². The van der Waals surface area contributed by atoms with Crippen LogP contribution in [0.2, 0.25) is 0 Å². The van der Waals surface area contributed by atoms with E-state index >= 15 is 0 Å². The first-order chi connectivity index (χ1) is 13.1. The van der Waals surface area contributed by atoms with Gasteiger partial charge >= 0.3 is 0 Å². The molecule has 2 N–H and O–H groups in total. The van der Waals surface area contributed by atoms with Crippen LogP contribution in [0.15, 0.2) is 42.5 Å². The van der Waals surface area contributed by atoms with Gasteiger partial charge in [0.15, 0.2) is 0 Å². The Kier molecular flexibility index (Phi) is 6.35. The maximum Gasteiger partial charge on any atom is 0.0500 e. The molecule has 1 saturated heterocycles. The molecule has 0 spiro atoms. The van der Waals surface area contributed by atoms with Gasteiger partial charge in [0.05, 0.1) is 0 Å².